The molecule has 0 aliphatic rings. The maximum atomic E-state index is 13.0. The van der Waals surface area contributed by atoms with Crippen LogP contribution in [-0.4, -0.2) is 16.1 Å². The number of anilines is 1. The number of rotatable bonds is 4. The number of amides is 1. The Labute approximate surface area is 120 Å². The smallest absolute Gasteiger partial charge is 0.250 e. The summed E-state index contributed by atoms with van der Waals surface area (Å²) in [5, 5.41) is 11.8. The van der Waals surface area contributed by atoms with E-state index in [1.807, 2.05) is 13.8 Å². The third-order valence-electron chi connectivity index (χ3n) is 2.44. The first-order valence-electron chi connectivity index (χ1n) is 6.12. The number of benzene rings is 1. The molecule has 1 N–H and O–H groups in total. The summed E-state index contributed by atoms with van der Waals surface area (Å²) in [6, 6.07) is 6.01. The molecule has 2 aromatic rings. The van der Waals surface area contributed by atoms with Crippen molar-refractivity contribution in [3.63, 3.8) is 0 Å². The maximum absolute atomic E-state index is 13.0. The molecule has 6 heteroatoms. The lowest BCUT2D eigenvalue weighted by Crippen LogP contribution is -2.07. The molecular formula is C14H14FN3OS. The van der Waals surface area contributed by atoms with Crippen LogP contribution in [0.5, 0.6) is 0 Å². The Morgan fingerprint density at radius 2 is 2.20 bits per heavy atom. The van der Waals surface area contributed by atoms with Gasteiger partial charge in [-0.3, -0.25) is 10.1 Å². The van der Waals surface area contributed by atoms with Crippen LogP contribution in [0.15, 0.2) is 30.3 Å². The van der Waals surface area contributed by atoms with Gasteiger partial charge in [0, 0.05) is 12.0 Å². The zero-order valence-electron chi connectivity index (χ0n) is 11.1. The van der Waals surface area contributed by atoms with E-state index >= 15 is 0 Å². The van der Waals surface area contributed by atoms with Gasteiger partial charge in [0.1, 0.15) is 10.8 Å². The van der Waals surface area contributed by atoms with Crippen LogP contribution in [-0.2, 0) is 4.79 Å². The molecule has 0 saturated heterocycles. The number of carbonyl (C=O) groups excluding carboxylic acids is 1. The largest absolute Gasteiger partial charge is 0.297 e. The Bertz CT molecular complexity index is 637. The molecule has 0 saturated carbocycles. The summed E-state index contributed by atoms with van der Waals surface area (Å²) < 4.78 is 13.0. The van der Waals surface area contributed by atoms with Gasteiger partial charge in [-0.05, 0) is 23.8 Å². The maximum Gasteiger partial charge on any atom is 0.250 e. The highest BCUT2D eigenvalue weighted by Crippen LogP contribution is 2.22. The van der Waals surface area contributed by atoms with Crippen molar-refractivity contribution < 1.29 is 9.18 Å². The Morgan fingerprint density at radius 3 is 2.85 bits per heavy atom. The third-order valence-corrected chi connectivity index (χ3v) is 3.58. The lowest BCUT2D eigenvalue weighted by molar-refractivity contribution is -0.111. The van der Waals surface area contributed by atoms with Gasteiger partial charge in [0.2, 0.25) is 11.0 Å². The average Bonchev–Trinajstić information content (AvgIpc) is 2.85. The van der Waals surface area contributed by atoms with Crippen LogP contribution in [0.25, 0.3) is 6.08 Å². The average molecular weight is 291 g/mol. The lowest BCUT2D eigenvalue weighted by atomic mass is 10.2. The van der Waals surface area contributed by atoms with Crippen LogP contribution < -0.4 is 5.32 Å². The molecule has 0 aliphatic carbocycles. The monoisotopic (exact) mass is 291 g/mol. The summed E-state index contributed by atoms with van der Waals surface area (Å²) in [4.78, 5) is 11.7. The topological polar surface area (TPSA) is 54.9 Å². The summed E-state index contributed by atoms with van der Waals surface area (Å²) >= 11 is 1.35. The van der Waals surface area contributed by atoms with E-state index in [4.69, 9.17) is 0 Å². The van der Waals surface area contributed by atoms with E-state index in [0.717, 1.165) is 5.01 Å². The molecule has 0 unspecified atom stereocenters. The highest BCUT2D eigenvalue weighted by Gasteiger charge is 2.08. The highest BCUT2D eigenvalue weighted by atomic mass is 32.1. The molecule has 2 rings (SSSR count). The molecule has 0 spiro atoms. The fraction of sp³-hybridized carbons (Fsp3) is 0.214. The second-order valence-corrected chi connectivity index (χ2v) is 5.49. The molecule has 20 heavy (non-hydrogen) atoms. The predicted molar refractivity (Wildman–Crippen MR) is 78.1 cm³/mol. The number of nitrogens with zero attached hydrogens (tertiary/aromatic N) is 2. The first-order valence-corrected chi connectivity index (χ1v) is 6.94. The van der Waals surface area contributed by atoms with E-state index in [1.165, 1.54) is 29.5 Å². The van der Waals surface area contributed by atoms with Crippen molar-refractivity contribution in [3.05, 3.63) is 46.7 Å². The van der Waals surface area contributed by atoms with Crippen molar-refractivity contribution in [2.24, 2.45) is 0 Å². The number of nitrogens with one attached hydrogen (secondary N) is 1. The van der Waals surface area contributed by atoms with Gasteiger partial charge in [-0.15, -0.1) is 10.2 Å². The quantitative estimate of drug-likeness (QED) is 0.878. The van der Waals surface area contributed by atoms with Crippen LogP contribution >= 0.6 is 11.3 Å². The van der Waals surface area contributed by atoms with Gasteiger partial charge in [-0.2, -0.15) is 0 Å². The van der Waals surface area contributed by atoms with Gasteiger partial charge in [0.25, 0.3) is 0 Å². The predicted octanol–water partition coefficient (Wildman–Crippen LogP) is 3.45. The van der Waals surface area contributed by atoms with E-state index in [2.05, 4.69) is 15.5 Å². The van der Waals surface area contributed by atoms with E-state index in [1.54, 1.807) is 18.2 Å². The van der Waals surface area contributed by atoms with Crippen molar-refractivity contribution in [1.82, 2.24) is 10.2 Å². The molecule has 104 valence electrons. The molecular weight excluding hydrogens is 277 g/mol. The van der Waals surface area contributed by atoms with Crippen molar-refractivity contribution in [3.8, 4) is 0 Å². The van der Waals surface area contributed by atoms with Crippen molar-refractivity contribution in [1.29, 1.82) is 0 Å². The fourth-order valence-electron chi connectivity index (χ4n) is 1.45. The Hall–Kier alpha value is -2.08. The zero-order chi connectivity index (χ0) is 14.5. The van der Waals surface area contributed by atoms with E-state index < -0.39 is 0 Å². The minimum atomic E-state index is -0.335. The number of aromatic nitrogens is 2. The second kappa shape index (κ2) is 6.38. The molecule has 0 fully saturated rings. The van der Waals surface area contributed by atoms with Gasteiger partial charge in [0.05, 0.1) is 0 Å². The molecule has 1 aromatic carbocycles. The number of hydrogen-bond acceptors (Lipinski definition) is 4. The van der Waals surface area contributed by atoms with Crippen LogP contribution in [0, 0.1) is 5.82 Å². The Balaban J connectivity index is 1.98. The van der Waals surface area contributed by atoms with Gasteiger partial charge < -0.3 is 0 Å². The minimum absolute atomic E-state index is 0.279. The third kappa shape index (κ3) is 3.96. The van der Waals surface area contributed by atoms with Gasteiger partial charge in [0.15, 0.2) is 0 Å². The van der Waals surface area contributed by atoms with E-state index in [0.29, 0.717) is 10.7 Å². The van der Waals surface area contributed by atoms with Crippen LogP contribution in [0.1, 0.15) is 30.3 Å². The van der Waals surface area contributed by atoms with Gasteiger partial charge in [-0.1, -0.05) is 37.3 Å². The number of hydrogen-bond donors (Lipinski definition) is 1. The van der Waals surface area contributed by atoms with Gasteiger partial charge in [-0.25, -0.2) is 4.39 Å². The van der Waals surface area contributed by atoms with Crippen molar-refractivity contribution >= 4 is 28.5 Å². The van der Waals surface area contributed by atoms with Crippen molar-refractivity contribution in [2.45, 2.75) is 19.8 Å². The molecule has 1 aromatic heterocycles. The molecule has 0 aliphatic heterocycles. The van der Waals surface area contributed by atoms with Gasteiger partial charge >= 0.3 is 0 Å². The Kier molecular flexibility index (Phi) is 4.57. The molecule has 1 amide bonds. The molecule has 0 radical (unpaired) electrons. The summed E-state index contributed by atoms with van der Waals surface area (Å²) in [5.74, 6) is -0.375. The highest BCUT2D eigenvalue weighted by molar-refractivity contribution is 7.15. The standard InChI is InChI=1S/C14H14FN3OS/c1-9(2)13-17-18-14(20-13)16-12(19)7-6-10-4-3-5-11(15)8-10/h3-9H,1-2H3,(H,16,18,19). The summed E-state index contributed by atoms with van der Waals surface area (Å²) in [7, 11) is 0. The second-order valence-electron chi connectivity index (χ2n) is 4.48. The summed E-state index contributed by atoms with van der Waals surface area (Å²) in [5.41, 5.74) is 0.625. The van der Waals surface area contributed by atoms with E-state index in [9.17, 15) is 9.18 Å². The molecule has 1 heterocycles. The normalized spacial score (nSPS) is 11.2. The molecule has 0 atom stereocenters. The minimum Gasteiger partial charge on any atom is -0.297 e. The molecule has 4 nitrogen and oxygen atoms in total. The first-order chi connectivity index (χ1) is 9.54. The number of halogens is 1. The first kappa shape index (κ1) is 14.3. The van der Waals surface area contributed by atoms with Crippen LogP contribution in [0.3, 0.4) is 0 Å². The van der Waals surface area contributed by atoms with Crippen LogP contribution in [0.2, 0.25) is 0 Å². The number of carbonyl (C=O) groups is 1. The SMILES string of the molecule is CC(C)c1nnc(NC(=O)C=Cc2cccc(F)c2)s1. The van der Waals surface area contributed by atoms with Crippen LogP contribution in [0.4, 0.5) is 9.52 Å². The zero-order valence-corrected chi connectivity index (χ0v) is 11.9. The van der Waals surface area contributed by atoms with Crippen molar-refractivity contribution in [2.75, 3.05) is 5.32 Å². The Morgan fingerprint density at radius 1 is 1.40 bits per heavy atom. The molecule has 0 bridgehead atoms. The summed E-state index contributed by atoms with van der Waals surface area (Å²) in [6.07, 6.45) is 2.88. The lowest BCUT2D eigenvalue weighted by Gasteiger charge is -1.96. The van der Waals surface area contributed by atoms with E-state index in [-0.39, 0.29) is 17.6 Å². The summed E-state index contributed by atoms with van der Waals surface area (Å²) in [6.45, 7) is 4.02. The fourth-order valence-corrected chi connectivity index (χ4v) is 2.20.